The number of amides is 2. The summed E-state index contributed by atoms with van der Waals surface area (Å²) in [6.45, 7) is 1.88. The molecule has 0 bridgehead atoms. The largest absolute Gasteiger partial charge is 0.497 e. The number of nitrogens with one attached hydrogen (secondary N) is 2. The van der Waals surface area contributed by atoms with Crippen LogP contribution in [0.4, 0.5) is 0 Å². The third kappa shape index (κ3) is 6.88. The zero-order valence-corrected chi connectivity index (χ0v) is 16.4. The summed E-state index contributed by atoms with van der Waals surface area (Å²) >= 11 is 0. The minimum atomic E-state index is -0.360. The fraction of sp³-hybridized carbons (Fsp3) is 0.350. The number of likely N-dealkylation sites (N-methyl/N-ethyl adjacent to an activating group) is 1. The lowest BCUT2D eigenvalue weighted by Gasteiger charge is -2.11. The molecule has 2 rings (SSSR count). The third-order valence-electron chi connectivity index (χ3n) is 3.82. The highest BCUT2D eigenvalue weighted by Crippen LogP contribution is 2.16. The molecule has 1 aromatic heterocycles. The van der Waals surface area contributed by atoms with Gasteiger partial charge in [-0.3, -0.25) is 14.6 Å². The maximum Gasteiger partial charge on any atom is 0.270 e. The van der Waals surface area contributed by atoms with E-state index in [9.17, 15) is 9.59 Å². The summed E-state index contributed by atoms with van der Waals surface area (Å²) in [5, 5.41) is 5.53. The molecule has 0 aliphatic carbocycles. The molecule has 8 nitrogen and oxygen atoms in total. The van der Waals surface area contributed by atoms with Crippen LogP contribution in [0.3, 0.4) is 0 Å². The normalized spacial score (nSPS) is 10.4. The van der Waals surface area contributed by atoms with E-state index in [1.165, 1.54) is 12.3 Å². The summed E-state index contributed by atoms with van der Waals surface area (Å²) in [7, 11) is 5.46. The van der Waals surface area contributed by atoms with Crippen molar-refractivity contribution >= 4 is 11.8 Å². The van der Waals surface area contributed by atoms with Crippen LogP contribution in [0.2, 0.25) is 0 Å². The van der Waals surface area contributed by atoms with Gasteiger partial charge in [0, 0.05) is 24.8 Å². The van der Waals surface area contributed by atoms with Crippen LogP contribution in [0.5, 0.6) is 11.5 Å². The van der Waals surface area contributed by atoms with Gasteiger partial charge in [-0.2, -0.15) is 0 Å². The molecule has 28 heavy (non-hydrogen) atoms. The molecule has 0 atom stereocenters. The Kier molecular flexibility index (Phi) is 8.23. The van der Waals surface area contributed by atoms with Crippen LogP contribution in [-0.2, 0) is 0 Å². The molecule has 0 radical (unpaired) electrons. The Bertz CT molecular complexity index is 778. The number of pyridine rings is 1. The number of aromatic nitrogens is 1. The first-order chi connectivity index (χ1) is 13.5. The third-order valence-corrected chi connectivity index (χ3v) is 3.82. The first-order valence-corrected chi connectivity index (χ1v) is 8.93. The summed E-state index contributed by atoms with van der Waals surface area (Å²) in [6.07, 6.45) is 1.45. The number of ether oxygens (including phenoxy) is 2. The summed E-state index contributed by atoms with van der Waals surface area (Å²) in [5.41, 5.74) is 0.582. The van der Waals surface area contributed by atoms with Gasteiger partial charge in [-0.15, -0.1) is 0 Å². The van der Waals surface area contributed by atoms with Crippen LogP contribution < -0.4 is 20.1 Å². The number of carbonyl (C=O) groups excluding carboxylic acids is 2. The number of benzene rings is 1. The van der Waals surface area contributed by atoms with Crippen molar-refractivity contribution in [2.24, 2.45) is 0 Å². The van der Waals surface area contributed by atoms with E-state index in [1.807, 2.05) is 19.0 Å². The number of methoxy groups -OCH3 is 1. The molecule has 2 aromatic rings. The van der Waals surface area contributed by atoms with Crippen molar-refractivity contribution in [3.05, 3.63) is 53.9 Å². The van der Waals surface area contributed by atoms with Gasteiger partial charge in [0.25, 0.3) is 11.8 Å². The van der Waals surface area contributed by atoms with Crippen LogP contribution in [-0.4, -0.2) is 69.1 Å². The van der Waals surface area contributed by atoms with E-state index in [2.05, 4.69) is 15.6 Å². The Balaban J connectivity index is 1.79. The Morgan fingerprint density at radius 3 is 2.36 bits per heavy atom. The molecule has 0 unspecified atom stereocenters. The monoisotopic (exact) mass is 386 g/mol. The fourth-order valence-electron chi connectivity index (χ4n) is 2.29. The van der Waals surface area contributed by atoms with Crippen molar-refractivity contribution < 1.29 is 19.1 Å². The van der Waals surface area contributed by atoms with Crippen LogP contribution in [0.25, 0.3) is 0 Å². The molecule has 0 fully saturated rings. The lowest BCUT2D eigenvalue weighted by atomic mass is 10.2. The number of carbonyl (C=O) groups is 2. The standard InChI is InChI=1S/C20H26N4O4/c1-24(2)12-10-22-19(25)15-8-9-21-18(14-15)20(26)23-11-13-28-17-6-4-16(27-3)5-7-17/h4-9,14H,10-13H2,1-3H3,(H,22,25)(H,23,26). The fourth-order valence-corrected chi connectivity index (χ4v) is 2.29. The highest BCUT2D eigenvalue weighted by atomic mass is 16.5. The lowest BCUT2D eigenvalue weighted by Crippen LogP contribution is -2.32. The number of nitrogens with zero attached hydrogens (tertiary/aromatic N) is 2. The maximum absolute atomic E-state index is 12.2. The first kappa shape index (κ1) is 21.2. The van der Waals surface area contributed by atoms with E-state index in [-0.39, 0.29) is 17.5 Å². The smallest absolute Gasteiger partial charge is 0.270 e. The quantitative estimate of drug-likeness (QED) is 0.596. The average Bonchev–Trinajstić information content (AvgIpc) is 2.71. The Labute approximate surface area is 164 Å². The van der Waals surface area contributed by atoms with E-state index >= 15 is 0 Å². The average molecular weight is 386 g/mol. The predicted molar refractivity (Wildman–Crippen MR) is 106 cm³/mol. The van der Waals surface area contributed by atoms with Gasteiger partial charge in [0.15, 0.2) is 0 Å². The van der Waals surface area contributed by atoms with Crippen LogP contribution in [0, 0.1) is 0 Å². The molecule has 0 aliphatic rings. The van der Waals surface area contributed by atoms with Gasteiger partial charge >= 0.3 is 0 Å². The number of rotatable bonds is 10. The van der Waals surface area contributed by atoms with Gasteiger partial charge < -0.3 is 25.0 Å². The second-order valence-electron chi connectivity index (χ2n) is 6.27. The van der Waals surface area contributed by atoms with Crippen molar-refractivity contribution in [2.45, 2.75) is 0 Å². The van der Waals surface area contributed by atoms with Gasteiger partial charge in [0.2, 0.25) is 0 Å². The minimum absolute atomic E-state index is 0.185. The van der Waals surface area contributed by atoms with Crippen molar-refractivity contribution in [3.63, 3.8) is 0 Å². The molecule has 1 heterocycles. The first-order valence-electron chi connectivity index (χ1n) is 8.93. The summed E-state index contributed by atoms with van der Waals surface area (Å²) in [6, 6.07) is 10.2. The zero-order chi connectivity index (χ0) is 20.4. The van der Waals surface area contributed by atoms with E-state index in [0.717, 1.165) is 12.3 Å². The van der Waals surface area contributed by atoms with Crippen molar-refractivity contribution in [3.8, 4) is 11.5 Å². The molecular formula is C20H26N4O4. The highest BCUT2D eigenvalue weighted by Gasteiger charge is 2.11. The van der Waals surface area contributed by atoms with Gasteiger partial charge in [0.1, 0.15) is 23.8 Å². The molecule has 0 spiro atoms. The Morgan fingerprint density at radius 2 is 1.68 bits per heavy atom. The maximum atomic E-state index is 12.2. The summed E-state index contributed by atoms with van der Waals surface area (Å²) < 4.78 is 10.6. The molecular weight excluding hydrogens is 360 g/mol. The molecule has 0 aliphatic heterocycles. The topological polar surface area (TPSA) is 92.8 Å². The second-order valence-corrected chi connectivity index (χ2v) is 6.27. The van der Waals surface area contributed by atoms with Crippen molar-refractivity contribution in [1.29, 1.82) is 0 Å². The highest BCUT2D eigenvalue weighted by molar-refractivity contribution is 5.98. The van der Waals surface area contributed by atoms with Crippen LogP contribution >= 0.6 is 0 Å². The van der Waals surface area contributed by atoms with E-state index in [1.54, 1.807) is 37.4 Å². The van der Waals surface area contributed by atoms with Crippen LogP contribution in [0.1, 0.15) is 20.8 Å². The molecule has 1 aromatic carbocycles. The van der Waals surface area contributed by atoms with Gasteiger partial charge in [-0.25, -0.2) is 0 Å². The molecule has 0 saturated heterocycles. The minimum Gasteiger partial charge on any atom is -0.497 e. The van der Waals surface area contributed by atoms with E-state index in [0.29, 0.717) is 31.0 Å². The molecule has 0 saturated carbocycles. The van der Waals surface area contributed by atoms with Crippen LogP contribution in [0.15, 0.2) is 42.6 Å². The lowest BCUT2D eigenvalue weighted by molar-refractivity contribution is 0.0942. The van der Waals surface area contributed by atoms with Gasteiger partial charge in [-0.05, 0) is 50.5 Å². The van der Waals surface area contributed by atoms with Crippen molar-refractivity contribution in [2.75, 3.05) is 47.4 Å². The number of hydrogen-bond acceptors (Lipinski definition) is 6. The molecule has 150 valence electrons. The SMILES string of the molecule is COc1ccc(OCCNC(=O)c2cc(C(=O)NCCN(C)C)ccn2)cc1. The molecule has 2 N–H and O–H groups in total. The van der Waals surface area contributed by atoms with Crippen molar-refractivity contribution in [1.82, 2.24) is 20.5 Å². The molecule has 8 heteroatoms. The summed E-state index contributed by atoms with van der Waals surface area (Å²) in [5.74, 6) is 0.837. The Hall–Kier alpha value is -3.13. The summed E-state index contributed by atoms with van der Waals surface area (Å²) in [4.78, 5) is 30.4. The molecule has 2 amide bonds. The number of hydrogen-bond donors (Lipinski definition) is 2. The van der Waals surface area contributed by atoms with Gasteiger partial charge in [0.05, 0.1) is 13.7 Å². The Morgan fingerprint density at radius 1 is 1.00 bits per heavy atom. The zero-order valence-electron chi connectivity index (χ0n) is 16.4. The predicted octanol–water partition coefficient (Wildman–Crippen LogP) is 1.19. The van der Waals surface area contributed by atoms with Gasteiger partial charge in [-0.1, -0.05) is 0 Å². The van der Waals surface area contributed by atoms with E-state index in [4.69, 9.17) is 9.47 Å². The van der Waals surface area contributed by atoms with E-state index < -0.39 is 0 Å². The second kappa shape index (κ2) is 10.9.